The SMILES string of the molecule is C=C/C(C)=C\C.C=CC(C)=CCCC.CC.CC.CC.CC/C=C(/CC)CN(CC)CC.CCC.CCC. The lowest BCUT2D eigenvalue weighted by Crippen LogP contribution is -2.25. The molecule has 0 saturated carbocycles. The van der Waals surface area contributed by atoms with Gasteiger partial charge >= 0.3 is 0 Å². The molecule has 0 aromatic heterocycles. The van der Waals surface area contributed by atoms with Crippen LogP contribution in [-0.2, 0) is 0 Å². The lowest BCUT2D eigenvalue weighted by molar-refractivity contribution is 0.327. The van der Waals surface area contributed by atoms with Crippen molar-refractivity contribution in [3.63, 3.8) is 0 Å². The Kier molecular flexibility index (Phi) is 105. The second kappa shape index (κ2) is 70.4. The van der Waals surface area contributed by atoms with Gasteiger partial charge in [0.05, 0.1) is 0 Å². The maximum Gasteiger partial charge on any atom is 0.0192 e. The molecule has 0 aromatic carbocycles. The number of unbranched alkanes of at least 4 members (excludes halogenated alkanes) is 1. The molecule has 0 N–H and O–H groups in total. The third kappa shape index (κ3) is 83.7. The van der Waals surface area contributed by atoms with Gasteiger partial charge in [0.1, 0.15) is 0 Å². The average molecular weight is 540 g/mol. The Morgan fingerprint density at radius 1 is 0.632 bits per heavy atom. The molecular weight excluding hydrogens is 458 g/mol. The summed E-state index contributed by atoms with van der Waals surface area (Å²) in [5, 5.41) is 0. The lowest BCUT2D eigenvalue weighted by Gasteiger charge is -2.19. The van der Waals surface area contributed by atoms with Crippen molar-refractivity contribution in [1.82, 2.24) is 4.90 Å². The smallest absolute Gasteiger partial charge is 0.0192 e. The maximum atomic E-state index is 3.65. The molecule has 0 aromatic rings. The van der Waals surface area contributed by atoms with Crippen LogP contribution in [0.1, 0.15) is 163 Å². The van der Waals surface area contributed by atoms with Crippen LogP contribution in [0.4, 0.5) is 0 Å². The fourth-order valence-corrected chi connectivity index (χ4v) is 1.92. The highest BCUT2D eigenvalue weighted by molar-refractivity contribution is 5.12. The second-order valence-electron chi connectivity index (χ2n) is 7.68. The standard InChI is InChI=1S/C11H23N.C8H14.C6H10.2C3H8.3C2H6/c1-5-9-11(6-2)10-12(7-3)8-4;1-4-6-7-8(3)5-2;1-4-6(3)5-2;2*1-3-2;3*1-2/h9H,5-8,10H2,1-4H3;5,7H,2,4,6H2,1,3H3;4-5H,1H2,2-3H3;2*3H2,1-2H3;3*1-2H3/b11-9-;;6-5-;;;;;. The molecule has 0 aliphatic rings. The fraction of sp³-hybridized carbons (Fsp3) is 0.730. The molecule has 0 unspecified atom stereocenters. The molecule has 0 aliphatic heterocycles. The molecule has 0 saturated heterocycles. The molecule has 0 atom stereocenters. The van der Waals surface area contributed by atoms with Gasteiger partial charge in [-0.2, -0.15) is 0 Å². The lowest BCUT2D eigenvalue weighted by atomic mass is 10.1. The Balaban J connectivity index is -0.0000000505. The van der Waals surface area contributed by atoms with Crippen molar-refractivity contribution in [2.45, 2.75) is 163 Å². The van der Waals surface area contributed by atoms with Crippen molar-refractivity contribution >= 4 is 0 Å². The molecule has 0 fully saturated rings. The molecule has 1 nitrogen and oxygen atoms in total. The Morgan fingerprint density at radius 2 is 1.00 bits per heavy atom. The zero-order valence-electron chi connectivity index (χ0n) is 30.6. The monoisotopic (exact) mass is 540 g/mol. The molecule has 0 rings (SSSR count). The van der Waals surface area contributed by atoms with E-state index in [1.165, 1.54) is 49.7 Å². The molecule has 0 heterocycles. The van der Waals surface area contributed by atoms with Crippen LogP contribution in [0.15, 0.2) is 60.3 Å². The summed E-state index contributed by atoms with van der Waals surface area (Å²) in [5.74, 6) is 0. The summed E-state index contributed by atoms with van der Waals surface area (Å²) in [7, 11) is 0. The third-order valence-electron chi connectivity index (χ3n) is 4.12. The predicted molar refractivity (Wildman–Crippen MR) is 191 cm³/mol. The van der Waals surface area contributed by atoms with E-state index in [1.54, 1.807) is 5.57 Å². The van der Waals surface area contributed by atoms with Gasteiger partial charge in [-0.25, -0.2) is 0 Å². The van der Waals surface area contributed by atoms with Crippen molar-refractivity contribution in [2.75, 3.05) is 19.6 Å². The first-order valence-electron chi connectivity index (χ1n) is 16.2. The van der Waals surface area contributed by atoms with Crippen molar-refractivity contribution in [3.8, 4) is 0 Å². The first-order chi connectivity index (χ1) is 18.2. The first kappa shape index (κ1) is 56.8. The summed E-state index contributed by atoms with van der Waals surface area (Å²) in [4.78, 5) is 2.46. The van der Waals surface area contributed by atoms with Gasteiger partial charge in [0, 0.05) is 6.54 Å². The van der Waals surface area contributed by atoms with E-state index in [0.29, 0.717) is 0 Å². The predicted octanol–water partition coefficient (Wildman–Crippen LogP) is 14.0. The summed E-state index contributed by atoms with van der Waals surface area (Å²) >= 11 is 0. The summed E-state index contributed by atoms with van der Waals surface area (Å²) in [6, 6.07) is 0. The molecule has 1 heteroatoms. The first-order valence-corrected chi connectivity index (χ1v) is 16.2. The minimum absolute atomic E-state index is 1.16. The normalized spacial score (nSPS) is 9.61. The van der Waals surface area contributed by atoms with E-state index < -0.39 is 0 Å². The van der Waals surface area contributed by atoms with Gasteiger partial charge in [-0.3, -0.25) is 4.90 Å². The quantitative estimate of drug-likeness (QED) is 0.197. The number of likely N-dealkylation sites (N-methyl/N-ethyl adjacent to an activating group) is 1. The Morgan fingerprint density at radius 3 is 1.18 bits per heavy atom. The van der Waals surface area contributed by atoms with Crippen molar-refractivity contribution in [2.24, 2.45) is 0 Å². The van der Waals surface area contributed by atoms with Crippen LogP contribution in [0.5, 0.6) is 0 Å². The number of nitrogens with zero attached hydrogens (tertiary/aromatic N) is 1. The average Bonchev–Trinajstić information content (AvgIpc) is 2.98. The Bertz CT molecular complexity index is 432. The van der Waals surface area contributed by atoms with Gasteiger partial charge in [-0.05, 0) is 53.1 Å². The summed E-state index contributed by atoms with van der Waals surface area (Å²) in [6.45, 7) is 48.4. The number of hydrogen-bond donors (Lipinski definition) is 0. The highest BCUT2D eigenvalue weighted by Gasteiger charge is 2.00. The van der Waals surface area contributed by atoms with E-state index >= 15 is 0 Å². The van der Waals surface area contributed by atoms with Crippen LogP contribution in [0.2, 0.25) is 0 Å². The summed E-state index contributed by atoms with van der Waals surface area (Å²) in [5.41, 5.74) is 4.10. The van der Waals surface area contributed by atoms with Crippen molar-refractivity contribution in [1.29, 1.82) is 0 Å². The number of hydrogen-bond acceptors (Lipinski definition) is 1. The molecule has 0 aliphatic carbocycles. The van der Waals surface area contributed by atoms with Gasteiger partial charge in [0.15, 0.2) is 0 Å². The van der Waals surface area contributed by atoms with Crippen molar-refractivity contribution in [3.05, 3.63) is 60.3 Å². The zero-order valence-corrected chi connectivity index (χ0v) is 30.6. The maximum absolute atomic E-state index is 3.65. The molecule has 38 heavy (non-hydrogen) atoms. The van der Waals surface area contributed by atoms with Crippen LogP contribution in [0.25, 0.3) is 0 Å². The van der Waals surface area contributed by atoms with Crippen LogP contribution >= 0.6 is 0 Å². The van der Waals surface area contributed by atoms with Crippen LogP contribution in [0, 0.1) is 0 Å². The van der Waals surface area contributed by atoms with Crippen LogP contribution in [0.3, 0.4) is 0 Å². The molecule has 0 amide bonds. The fourth-order valence-electron chi connectivity index (χ4n) is 1.92. The van der Waals surface area contributed by atoms with Crippen molar-refractivity contribution < 1.29 is 0 Å². The van der Waals surface area contributed by atoms with Gasteiger partial charge < -0.3 is 0 Å². The minimum atomic E-state index is 1.16. The molecule has 0 spiro atoms. The number of allylic oxidation sites excluding steroid dienone is 7. The highest BCUT2D eigenvalue weighted by Crippen LogP contribution is 2.05. The van der Waals surface area contributed by atoms with Gasteiger partial charge in [-0.15, -0.1) is 0 Å². The van der Waals surface area contributed by atoms with Crippen LogP contribution < -0.4 is 0 Å². The molecule has 0 bridgehead atoms. The van der Waals surface area contributed by atoms with Gasteiger partial charge in [-0.1, -0.05) is 183 Å². The molecular formula is C37H81N. The molecule has 0 radical (unpaired) electrons. The van der Waals surface area contributed by atoms with E-state index in [1.807, 2.05) is 73.6 Å². The van der Waals surface area contributed by atoms with Gasteiger partial charge in [0.2, 0.25) is 0 Å². The van der Waals surface area contributed by atoms with E-state index in [9.17, 15) is 0 Å². The summed E-state index contributed by atoms with van der Waals surface area (Å²) in [6.07, 6.45) is 17.6. The van der Waals surface area contributed by atoms with Gasteiger partial charge in [0.25, 0.3) is 0 Å². The molecule has 234 valence electrons. The third-order valence-corrected chi connectivity index (χ3v) is 4.12. The zero-order chi connectivity index (χ0) is 32.2. The Labute approximate surface area is 247 Å². The van der Waals surface area contributed by atoms with E-state index in [2.05, 4.69) is 99.4 Å². The van der Waals surface area contributed by atoms with E-state index in [0.717, 1.165) is 19.6 Å². The van der Waals surface area contributed by atoms with E-state index in [4.69, 9.17) is 0 Å². The van der Waals surface area contributed by atoms with Crippen LogP contribution in [-0.4, -0.2) is 24.5 Å². The summed E-state index contributed by atoms with van der Waals surface area (Å²) < 4.78 is 0. The Hall–Kier alpha value is -1.34. The second-order valence-corrected chi connectivity index (χ2v) is 7.68. The topological polar surface area (TPSA) is 3.24 Å². The highest BCUT2D eigenvalue weighted by atomic mass is 15.1. The largest absolute Gasteiger partial charge is 0.300 e. The number of rotatable bonds is 10. The van der Waals surface area contributed by atoms with E-state index in [-0.39, 0.29) is 0 Å². The minimum Gasteiger partial charge on any atom is -0.300 e.